The van der Waals surface area contributed by atoms with Crippen molar-refractivity contribution < 1.29 is 30.0 Å². The molecule has 0 bridgehead atoms. The largest absolute Gasteiger partial charge is 0.508 e. The van der Waals surface area contributed by atoms with E-state index >= 15 is 0 Å². The maximum Gasteiger partial charge on any atom is 0.335 e. The summed E-state index contributed by atoms with van der Waals surface area (Å²) in [5, 5.41) is 60.0. The van der Waals surface area contributed by atoms with Crippen molar-refractivity contribution in [1.29, 1.82) is 0 Å². The quantitative estimate of drug-likeness (QED) is 0.0865. The van der Waals surface area contributed by atoms with Crippen LogP contribution in [0.5, 0.6) is 11.5 Å². The molecule has 0 aliphatic heterocycles. The number of benzene rings is 4. The van der Waals surface area contributed by atoms with E-state index in [-0.39, 0.29) is 34.3 Å². The second-order valence-corrected chi connectivity index (χ2v) is 9.36. The van der Waals surface area contributed by atoms with E-state index in [1.54, 1.807) is 55.5 Å². The number of phenolic OH excluding ortho intramolecular Hbond substituents is 2. The minimum absolute atomic E-state index is 0.0868. The van der Waals surface area contributed by atoms with Crippen LogP contribution in [0.1, 0.15) is 26.5 Å². The normalized spacial score (nSPS) is 11.1. The number of hydrogen-bond donors (Lipinski definition) is 6. The van der Waals surface area contributed by atoms with Crippen LogP contribution >= 0.6 is 0 Å². The molecule has 0 aliphatic rings. The summed E-state index contributed by atoms with van der Waals surface area (Å²) in [6.45, 7) is 1.72. The Balaban J connectivity index is 1.23. The topological polar surface area (TPSA) is 227 Å². The molecule has 224 valence electrons. The molecule has 15 heteroatoms. The Bertz CT molecular complexity index is 1890. The monoisotopic (exact) mass is 605 g/mol. The maximum atomic E-state index is 11.3. The lowest BCUT2D eigenvalue weighted by molar-refractivity contribution is 0.0696. The SMILES string of the molecule is Cc1nc(Nc2ccc(N=Nc3cc(O)cc(O)c3)cc2)nc(Nc2ccc(N=Nc3cc(C(=O)O)cc(C(=O)O)c3)cc2)n1. The molecule has 15 nitrogen and oxygen atoms in total. The molecule has 0 saturated heterocycles. The van der Waals surface area contributed by atoms with Crippen LogP contribution in [0.25, 0.3) is 0 Å². The van der Waals surface area contributed by atoms with Crippen LogP contribution in [0.4, 0.5) is 46.0 Å². The standard InChI is InChI=1S/C30H23N9O6/c1-16-31-29(33-19-2-6-21(7-3-19)36-38-23-11-17(27(42)43)10-18(12-23)28(44)45)35-30(32-16)34-20-4-8-22(9-5-20)37-39-24-13-25(40)15-26(41)14-24/h2-15,40-41H,1H3,(H,42,43)(H,44,45)(H2,31,32,33,34,35). The number of carboxylic acids is 2. The number of nitrogens with one attached hydrogen (secondary N) is 2. The zero-order chi connectivity index (χ0) is 31.9. The summed E-state index contributed by atoms with van der Waals surface area (Å²) >= 11 is 0. The number of phenols is 2. The Morgan fingerprint density at radius 1 is 0.556 bits per heavy atom. The molecule has 0 spiro atoms. The lowest BCUT2D eigenvalue weighted by Gasteiger charge is -2.09. The summed E-state index contributed by atoms with van der Waals surface area (Å²) in [7, 11) is 0. The summed E-state index contributed by atoms with van der Waals surface area (Å²) in [5.41, 5.74) is 2.27. The molecule has 0 saturated carbocycles. The smallest absolute Gasteiger partial charge is 0.335 e. The fraction of sp³-hybridized carbons (Fsp3) is 0.0333. The highest BCUT2D eigenvalue weighted by molar-refractivity contribution is 5.95. The van der Waals surface area contributed by atoms with Gasteiger partial charge >= 0.3 is 11.9 Å². The third-order valence-electron chi connectivity index (χ3n) is 5.85. The second kappa shape index (κ2) is 13.0. The summed E-state index contributed by atoms with van der Waals surface area (Å²) in [6, 6.07) is 21.1. The molecule has 0 aliphatic carbocycles. The van der Waals surface area contributed by atoms with Crippen molar-refractivity contribution >= 4 is 58.0 Å². The van der Waals surface area contributed by atoms with E-state index in [9.17, 15) is 30.0 Å². The number of anilines is 4. The van der Waals surface area contributed by atoms with Crippen LogP contribution in [-0.4, -0.2) is 47.3 Å². The Labute approximate surface area is 254 Å². The van der Waals surface area contributed by atoms with Gasteiger partial charge in [0, 0.05) is 29.6 Å². The Morgan fingerprint density at radius 3 is 1.38 bits per heavy atom. The zero-order valence-corrected chi connectivity index (χ0v) is 23.3. The van der Waals surface area contributed by atoms with Gasteiger partial charge in [0.05, 0.1) is 33.9 Å². The van der Waals surface area contributed by atoms with Crippen LogP contribution in [0.15, 0.2) is 105 Å². The number of aromatic nitrogens is 3. The van der Waals surface area contributed by atoms with Crippen molar-refractivity contribution in [2.75, 3.05) is 10.6 Å². The highest BCUT2D eigenvalue weighted by Gasteiger charge is 2.11. The van der Waals surface area contributed by atoms with Crippen LogP contribution in [0.2, 0.25) is 0 Å². The van der Waals surface area contributed by atoms with Crippen molar-refractivity contribution in [3.05, 3.63) is 102 Å². The van der Waals surface area contributed by atoms with E-state index in [1.165, 1.54) is 30.3 Å². The predicted molar refractivity (Wildman–Crippen MR) is 162 cm³/mol. The number of aryl methyl sites for hydroxylation is 1. The molecule has 0 fully saturated rings. The molecule has 45 heavy (non-hydrogen) atoms. The third kappa shape index (κ3) is 8.16. The van der Waals surface area contributed by atoms with Gasteiger partial charge in [-0.3, -0.25) is 0 Å². The Kier molecular flexibility index (Phi) is 8.61. The number of aromatic carboxylic acids is 2. The fourth-order valence-electron chi connectivity index (χ4n) is 3.86. The number of azo groups is 2. The van der Waals surface area contributed by atoms with Crippen molar-refractivity contribution in [1.82, 2.24) is 15.0 Å². The van der Waals surface area contributed by atoms with Gasteiger partial charge in [0.15, 0.2) is 0 Å². The maximum absolute atomic E-state index is 11.3. The van der Waals surface area contributed by atoms with Crippen LogP contribution in [-0.2, 0) is 0 Å². The summed E-state index contributed by atoms with van der Waals surface area (Å²) in [6.07, 6.45) is 0. The number of carbonyl (C=O) groups is 2. The number of nitrogens with zero attached hydrogens (tertiary/aromatic N) is 7. The minimum Gasteiger partial charge on any atom is -0.508 e. The van der Waals surface area contributed by atoms with Crippen LogP contribution in [0.3, 0.4) is 0 Å². The van der Waals surface area contributed by atoms with Crippen LogP contribution in [0, 0.1) is 6.92 Å². The van der Waals surface area contributed by atoms with Gasteiger partial charge in [0.25, 0.3) is 0 Å². The summed E-state index contributed by atoms with van der Waals surface area (Å²) < 4.78 is 0. The Hall–Kier alpha value is -6.77. The molecule has 0 radical (unpaired) electrons. The van der Waals surface area contributed by atoms with E-state index < -0.39 is 11.9 Å². The van der Waals surface area contributed by atoms with E-state index in [1.807, 2.05) is 0 Å². The molecule has 6 N–H and O–H groups in total. The molecule has 5 aromatic rings. The highest BCUT2D eigenvalue weighted by atomic mass is 16.4. The zero-order valence-electron chi connectivity index (χ0n) is 23.3. The van der Waals surface area contributed by atoms with Crippen molar-refractivity contribution in [3.8, 4) is 11.5 Å². The minimum atomic E-state index is -1.28. The van der Waals surface area contributed by atoms with Gasteiger partial charge in [-0.1, -0.05) is 0 Å². The Morgan fingerprint density at radius 2 is 0.956 bits per heavy atom. The summed E-state index contributed by atoms with van der Waals surface area (Å²) in [4.78, 5) is 35.7. The number of aromatic hydroxyl groups is 2. The molecular formula is C30H23N9O6. The molecule has 0 unspecified atom stereocenters. The summed E-state index contributed by atoms with van der Waals surface area (Å²) in [5.74, 6) is -1.75. The van der Waals surface area contributed by atoms with Gasteiger partial charge in [-0.25, -0.2) is 9.59 Å². The van der Waals surface area contributed by atoms with Gasteiger partial charge in [-0.2, -0.15) is 35.4 Å². The first kappa shape index (κ1) is 29.7. The van der Waals surface area contributed by atoms with Gasteiger partial charge in [-0.05, 0) is 73.7 Å². The molecular weight excluding hydrogens is 582 g/mol. The predicted octanol–water partition coefficient (Wildman–Crippen LogP) is 7.31. The fourth-order valence-corrected chi connectivity index (χ4v) is 3.86. The first-order valence-electron chi connectivity index (χ1n) is 13.0. The van der Waals surface area contributed by atoms with Gasteiger partial charge < -0.3 is 31.1 Å². The van der Waals surface area contributed by atoms with E-state index in [0.29, 0.717) is 40.2 Å². The average Bonchev–Trinajstić information content (AvgIpc) is 2.99. The van der Waals surface area contributed by atoms with E-state index in [4.69, 9.17) is 0 Å². The molecule has 1 aromatic heterocycles. The first-order valence-corrected chi connectivity index (χ1v) is 13.0. The van der Waals surface area contributed by atoms with Gasteiger partial charge in [0.2, 0.25) is 11.9 Å². The lowest BCUT2D eigenvalue weighted by atomic mass is 10.1. The van der Waals surface area contributed by atoms with Crippen molar-refractivity contribution in [3.63, 3.8) is 0 Å². The number of rotatable bonds is 10. The van der Waals surface area contributed by atoms with E-state index in [0.717, 1.165) is 6.07 Å². The van der Waals surface area contributed by atoms with Crippen molar-refractivity contribution in [2.45, 2.75) is 6.92 Å². The number of hydrogen-bond acceptors (Lipinski definition) is 13. The number of carboxylic acid groups (broad SMARTS) is 2. The molecule has 1 heterocycles. The van der Waals surface area contributed by atoms with Crippen LogP contribution < -0.4 is 10.6 Å². The highest BCUT2D eigenvalue weighted by Crippen LogP contribution is 2.28. The first-order chi connectivity index (χ1) is 21.6. The molecule has 0 atom stereocenters. The molecule has 4 aromatic carbocycles. The lowest BCUT2D eigenvalue weighted by Crippen LogP contribution is -2.05. The average molecular weight is 606 g/mol. The van der Waals surface area contributed by atoms with Gasteiger partial charge in [-0.15, -0.1) is 0 Å². The second-order valence-electron chi connectivity index (χ2n) is 9.36. The third-order valence-corrected chi connectivity index (χ3v) is 5.85. The van der Waals surface area contributed by atoms with Gasteiger partial charge in [0.1, 0.15) is 17.3 Å². The van der Waals surface area contributed by atoms with E-state index in [2.05, 4.69) is 46.0 Å². The van der Waals surface area contributed by atoms with Crippen molar-refractivity contribution in [2.24, 2.45) is 20.5 Å². The molecule has 0 amide bonds. The molecule has 5 rings (SSSR count).